The fraction of sp³-hybridized carbons (Fsp3) is 0.133. The van der Waals surface area contributed by atoms with E-state index in [1.165, 1.54) is 12.1 Å². The van der Waals surface area contributed by atoms with Gasteiger partial charge >= 0.3 is 5.97 Å². The molecule has 0 heterocycles. The summed E-state index contributed by atoms with van der Waals surface area (Å²) in [6.07, 6.45) is 0. The van der Waals surface area contributed by atoms with E-state index in [-0.39, 0.29) is 11.3 Å². The van der Waals surface area contributed by atoms with E-state index in [0.717, 1.165) is 17.2 Å². The summed E-state index contributed by atoms with van der Waals surface area (Å²) in [6, 6.07) is 11.6. The molecule has 0 aliphatic carbocycles. The van der Waals surface area contributed by atoms with Crippen LogP contribution in [-0.4, -0.2) is 16.0 Å². The van der Waals surface area contributed by atoms with Crippen molar-refractivity contribution in [1.29, 1.82) is 0 Å². The first-order valence-corrected chi connectivity index (χ1v) is 6.28. The first-order chi connectivity index (χ1) is 9.97. The first-order valence-electron chi connectivity index (χ1n) is 6.28. The van der Waals surface area contributed by atoms with Crippen molar-refractivity contribution in [1.82, 2.24) is 0 Å². The summed E-state index contributed by atoms with van der Waals surface area (Å²) in [5.74, 6) is -1.19. The summed E-state index contributed by atoms with van der Waals surface area (Å²) in [5, 5.41) is 22.9. The van der Waals surface area contributed by atoms with Gasteiger partial charge in [0.25, 0.3) is 5.69 Å². The quantitative estimate of drug-likeness (QED) is 0.650. The fourth-order valence-electron chi connectivity index (χ4n) is 1.98. The van der Waals surface area contributed by atoms with Gasteiger partial charge in [-0.3, -0.25) is 10.1 Å². The van der Waals surface area contributed by atoms with E-state index in [1.54, 1.807) is 0 Å². The number of aryl methyl sites for hydroxylation is 1. The molecule has 2 N–H and O–H groups in total. The summed E-state index contributed by atoms with van der Waals surface area (Å²) in [7, 11) is 0. The minimum absolute atomic E-state index is 0.109. The molecule has 0 spiro atoms. The van der Waals surface area contributed by atoms with Gasteiger partial charge in [-0.2, -0.15) is 0 Å². The summed E-state index contributed by atoms with van der Waals surface area (Å²) < 4.78 is 0. The molecule has 0 fully saturated rings. The number of carboxylic acids is 1. The van der Waals surface area contributed by atoms with Crippen molar-refractivity contribution in [2.75, 3.05) is 5.32 Å². The normalized spacial score (nSPS) is 10.1. The average Bonchev–Trinajstić information content (AvgIpc) is 2.44. The Labute approximate surface area is 121 Å². The monoisotopic (exact) mass is 286 g/mol. The number of anilines is 1. The number of rotatable bonds is 5. The number of hydrogen-bond donors (Lipinski definition) is 2. The second kappa shape index (κ2) is 6.04. The number of nitrogens with zero attached hydrogens (tertiary/aromatic N) is 1. The lowest BCUT2D eigenvalue weighted by atomic mass is 10.1. The highest BCUT2D eigenvalue weighted by molar-refractivity contribution is 5.89. The van der Waals surface area contributed by atoms with Crippen molar-refractivity contribution >= 4 is 17.3 Å². The Morgan fingerprint density at radius 2 is 2.05 bits per heavy atom. The number of nitrogens with one attached hydrogen (secondary N) is 1. The summed E-state index contributed by atoms with van der Waals surface area (Å²) in [5.41, 5.74) is 2.04. The maximum Gasteiger partial charge on any atom is 0.335 e. The summed E-state index contributed by atoms with van der Waals surface area (Å²) in [6.45, 7) is 2.39. The van der Waals surface area contributed by atoms with E-state index in [9.17, 15) is 14.9 Å². The van der Waals surface area contributed by atoms with Crippen molar-refractivity contribution < 1.29 is 14.8 Å². The lowest BCUT2D eigenvalue weighted by Gasteiger charge is -2.08. The Bertz CT molecular complexity index is 698. The zero-order valence-electron chi connectivity index (χ0n) is 11.4. The molecule has 0 atom stereocenters. The number of nitro groups is 1. The van der Waals surface area contributed by atoms with Crippen molar-refractivity contribution in [2.45, 2.75) is 13.5 Å². The molecule has 6 heteroatoms. The number of aromatic carboxylic acids is 1. The van der Waals surface area contributed by atoms with Crippen molar-refractivity contribution in [3.8, 4) is 0 Å². The number of nitro benzene ring substituents is 1. The van der Waals surface area contributed by atoms with Crippen LogP contribution in [0.15, 0.2) is 42.5 Å². The molecule has 0 amide bonds. The number of carbonyl (C=O) groups is 1. The summed E-state index contributed by atoms with van der Waals surface area (Å²) in [4.78, 5) is 21.3. The van der Waals surface area contributed by atoms with Crippen LogP contribution in [0.5, 0.6) is 0 Å². The zero-order valence-corrected chi connectivity index (χ0v) is 11.4. The van der Waals surface area contributed by atoms with Crippen molar-refractivity contribution in [3.63, 3.8) is 0 Å². The first kappa shape index (κ1) is 14.5. The van der Waals surface area contributed by atoms with E-state index in [4.69, 9.17) is 5.11 Å². The molecule has 0 saturated carbocycles. The average molecular weight is 286 g/mol. The summed E-state index contributed by atoms with van der Waals surface area (Å²) >= 11 is 0. The Morgan fingerprint density at radius 1 is 1.29 bits per heavy atom. The predicted octanol–water partition coefficient (Wildman–Crippen LogP) is 3.21. The van der Waals surface area contributed by atoms with Crippen LogP contribution in [0.4, 0.5) is 11.4 Å². The highest BCUT2D eigenvalue weighted by Crippen LogP contribution is 2.26. The maximum absolute atomic E-state index is 11.0. The van der Waals surface area contributed by atoms with Gasteiger partial charge in [-0.05, 0) is 24.6 Å². The smallest absolute Gasteiger partial charge is 0.335 e. The molecule has 0 aliphatic rings. The third-order valence-corrected chi connectivity index (χ3v) is 3.01. The molecule has 2 aromatic carbocycles. The van der Waals surface area contributed by atoms with Gasteiger partial charge in [0, 0.05) is 12.6 Å². The highest BCUT2D eigenvalue weighted by Gasteiger charge is 2.16. The van der Waals surface area contributed by atoms with Crippen LogP contribution in [0, 0.1) is 17.0 Å². The Hall–Kier alpha value is -2.89. The predicted molar refractivity (Wildman–Crippen MR) is 78.6 cm³/mol. The molecule has 0 saturated heterocycles. The zero-order chi connectivity index (χ0) is 15.4. The minimum Gasteiger partial charge on any atom is -0.478 e. The minimum atomic E-state index is -1.19. The topological polar surface area (TPSA) is 92.5 Å². The Balaban J connectivity index is 2.23. The molecule has 0 aromatic heterocycles. The van der Waals surface area contributed by atoms with Gasteiger partial charge in [-0.15, -0.1) is 0 Å². The molecular formula is C15H14N2O4. The molecule has 0 aliphatic heterocycles. The van der Waals surface area contributed by atoms with Crippen LogP contribution >= 0.6 is 0 Å². The van der Waals surface area contributed by atoms with Crippen LogP contribution in [-0.2, 0) is 6.54 Å². The molecule has 2 rings (SSSR count). The van der Waals surface area contributed by atoms with Crippen LogP contribution < -0.4 is 5.32 Å². The van der Waals surface area contributed by atoms with E-state index in [1.807, 2.05) is 31.2 Å². The van der Waals surface area contributed by atoms with Crippen LogP contribution in [0.3, 0.4) is 0 Å². The molecule has 0 unspecified atom stereocenters. The van der Waals surface area contributed by atoms with Crippen LogP contribution in [0.2, 0.25) is 0 Å². The molecule has 6 nitrogen and oxygen atoms in total. The molecule has 2 aromatic rings. The standard InChI is InChI=1S/C15H14N2O4/c1-10-3-2-4-11(7-10)9-16-13-6-5-12(15(18)19)8-14(13)17(20)21/h2-8,16H,9H2,1H3,(H,18,19). The van der Waals surface area contributed by atoms with Crippen molar-refractivity contribution in [2.24, 2.45) is 0 Å². The van der Waals surface area contributed by atoms with E-state index in [2.05, 4.69) is 5.32 Å². The lowest BCUT2D eigenvalue weighted by molar-refractivity contribution is -0.384. The van der Waals surface area contributed by atoms with Gasteiger partial charge in [0.2, 0.25) is 0 Å². The second-order valence-electron chi connectivity index (χ2n) is 4.64. The van der Waals surface area contributed by atoms with Gasteiger partial charge < -0.3 is 10.4 Å². The van der Waals surface area contributed by atoms with Gasteiger partial charge in [-0.1, -0.05) is 29.8 Å². The Morgan fingerprint density at radius 3 is 2.67 bits per heavy atom. The van der Waals surface area contributed by atoms with Crippen molar-refractivity contribution in [3.05, 3.63) is 69.3 Å². The number of benzene rings is 2. The van der Waals surface area contributed by atoms with Crippen LogP contribution in [0.25, 0.3) is 0 Å². The molecule has 0 radical (unpaired) electrons. The van der Waals surface area contributed by atoms with Gasteiger partial charge in [0.1, 0.15) is 5.69 Å². The third-order valence-electron chi connectivity index (χ3n) is 3.01. The maximum atomic E-state index is 11.0. The van der Waals surface area contributed by atoms with Gasteiger partial charge in [0.15, 0.2) is 0 Å². The number of carboxylic acid groups (broad SMARTS) is 1. The van der Waals surface area contributed by atoms with E-state index < -0.39 is 10.9 Å². The van der Waals surface area contributed by atoms with E-state index in [0.29, 0.717) is 12.2 Å². The molecular weight excluding hydrogens is 272 g/mol. The Kier molecular flexibility index (Phi) is 4.18. The molecule has 0 bridgehead atoms. The lowest BCUT2D eigenvalue weighted by Crippen LogP contribution is -2.05. The SMILES string of the molecule is Cc1cccc(CNc2ccc(C(=O)O)cc2[N+](=O)[O-])c1. The van der Waals surface area contributed by atoms with Crippen LogP contribution in [0.1, 0.15) is 21.5 Å². The van der Waals surface area contributed by atoms with Gasteiger partial charge in [-0.25, -0.2) is 4.79 Å². The number of hydrogen-bond acceptors (Lipinski definition) is 4. The van der Waals surface area contributed by atoms with Gasteiger partial charge in [0.05, 0.1) is 10.5 Å². The second-order valence-corrected chi connectivity index (χ2v) is 4.64. The fourth-order valence-corrected chi connectivity index (χ4v) is 1.98. The molecule has 21 heavy (non-hydrogen) atoms. The van der Waals surface area contributed by atoms with E-state index >= 15 is 0 Å². The molecule has 108 valence electrons. The largest absolute Gasteiger partial charge is 0.478 e. The third kappa shape index (κ3) is 3.56. The highest BCUT2D eigenvalue weighted by atomic mass is 16.6.